The molecule has 1 aromatic heterocycles. The molecule has 1 atom stereocenters. The van der Waals surface area contributed by atoms with Gasteiger partial charge in [0, 0.05) is 11.4 Å². The highest BCUT2D eigenvalue weighted by Gasteiger charge is 2.28. The predicted octanol–water partition coefficient (Wildman–Crippen LogP) is 4.36. The summed E-state index contributed by atoms with van der Waals surface area (Å²) in [6, 6.07) is 14.9. The summed E-state index contributed by atoms with van der Waals surface area (Å²) < 4.78 is 1.88. The molecule has 0 amide bonds. The largest absolute Gasteiger partial charge is 0.478 e. The van der Waals surface area contributed by atoms with Crippen molar-refractivity contribution in [2.75, 3.05) is 5.32 Å². The zero-order valence-corrected chi connectivity index (χ0v) is 15.0. The molecule has 6 heteroatoms. The van der Waals surface area contributed by atoms with Gasteiger partial charge in [0.15, 0.2) is 0 Å². The van der Waals surface area contributed by atoms with Gasteiger partial charge in [0.2, 0.25) is 0 Å². The van der Waals surface area contributed by atoms with Crippen LogP contribution in [0.5, 0.6) is 0 Å². The highest BCUT2D eigenvalue weighted by molar-refractivity contribution is 5.88. The summed E-state index contributed by atoms with van der Waals surface area (Å²) >= 11 is 0. The molecule has 3 rings (SSSR count). The van der Waals surface area contributed by atoms with Gasteiger partial charge in [-0.2, -0.15) is 5.10 Å². The molecule has 0 aliphatic rings. The average molecular weight is 350 g/mol. The Morgan fingerprint density at radius 3 is 2.08 bits per heavy atom. The molecule has 26 heavy (non-hydrogen) atoms. The van der Waals surface area contributed by atoms with E-state index < -0.39 is 5.97 Å². The molecule has 2 aromatic carbocycles. The monoisotopic (exact) mass is 350 g/mol. The predicted molar refractivity (Wildman–Crippen MR) is 101 cm³/mol. The number of rotatable bonds is 5. The van der Waals surface area contributed by atoms with Gasteiger partial charge in [-0.05, 0) is 47.4 Å². The van der Waals surface area contributed by atoms with E-state index in [1.807, 2.05) is 16.8 Å². The van der Waals surface area contributed by atoms with E-state index in [0.717, 1.165) is 16.9 Å². The van der Waals surface area contributed by atoms with E-state index in [0.29, 0.717) is 0 Å². The lowest BCUT2D eigenvalue weighted by molar-refractivity contribution is 0.0697. The van der Waals surface area contributed by atoms with Crippen LogP contribution in [0.3, 0.4) is 0 Å². The van der Waals surface area contributed by atoms with Crippen molar-refractivity contribution in [1.82, 2.24) is 14.8 Å². The van der Waals surface area contributed by atoms with Gasteiger partial charge in [0.25, 0.3) is 0 Å². The summed E-state index contributed by atoms with van der Waals surface area (Å²) in [4.78, 5) is 15.0. The lowest BCUT2D eigenvalue weighted by Crippen LogP contribution is -2.26. The Hall–Kier alpha value is -3.15. The number of aromatic carboxylic acids is 1. The Balaban J connectivity index is 1.80. The molecule has 1 heterocycles. The number of aromatic nitrogens is 3. The Morgan fingerprint density at radius 2 is 1.62 bits per heavy atom. The van der Waals surface area contributed by atoms with Crippen LogP contribution in [-0.2, 0) is 0 Å². The number of nitrogens with zero attached hydrogens (tertiary/aromatic N) is 3. The molecular weight excluding hydrogens is 328 g/mol. The second kappa shape index (κ2) is 7.00. The fourth-order valence-corrected chi connectivity index (χ4v) is 3.01. The second-order valence-electron chi connectivity index (χ2n) is 7.27. The van der Waals surface area contributed by atoms with Crippen LogP contribution in [0.2, 0.25) is 0 Å². The molecule has 0 spiro atoms. The number of anilines is 2. The van der Waals surface area contributed by atoms with Crippen molar-refractivity contribution in [2.24, 2.45) is 5.41 Å². The van der Waals surface area contributed by atoms with Gasteiger partial charge >= 0.3 is 5.97 Å². The Morgan fingerprint density at radius 1 is 1.04 bits per heavy atom. The number of carboxylic acids is 1. The van der Waals surface area contributed by atoms with E-state index in [-0.39, 0.29) is 17.0 Å². The van der Waals surface area contributed by atoms with E-state index in [4.69, 9.17) is 5.11 Å². The molecular formula is C20H22N4O2. The fraction of sp³-hybridized carbons (Fsp3) is 0.250. The zero-order valence-electron chi connectivity index (χ0n) is 15.0. The zero-order chi connectivity index (χ0) is 18.7. The van der Waals surface area contributed by atoms with Crippen molar-refractivity contribution in [3.63, 3.8) is 0 Å². The molecule has 0 fully saturated rings. The Bertz CT molecular complexity index is 864. The maximum absolute atomic E-state index is 10.9. The average Bonchev–Trinajstić information content (AvgIpc) is 3.10. The van der Waals surface area contributed by atoms with E-state index in [2.05, 4.69) is 48.3 Å². The molecule has 0 radical (unpaired) electrons. The third-order valence-electron chi connectivity index (χ3n) is 4.17. The number of carbonyl (C=O) groups is 1. The van der Waals surface area contributed by atoms with Crippen LogP contribution in [0.25, 0.3) is 0 Å². The Labute approximate surface area is 152 Å². The number of carboxylic acid groups (broad SMARTS) is 1. The van der Waals surface area contributed by atoms with Crippen LogP contribution in [0.1, 0.15) is 42.7 Å². The standard InChI is InChI=1S/C20H22N4O2/c1-20(2,3)18(24-13-21-12-22-24)14-4-8-16(9-5-14)23-17-10-6-15(7-11-17)19(25)26/h4-13,18,23H,1-3H3,(H,25,26). The lowest BCUT2D eigenvalue weighted by Gasteiger charge is -2.31. The van der Waals surface area contributed by atoms with E-state index in [1.54, 1.807) is 36.9 Å². The summed E-state index contributed by atoms with van der Waals surface area (Å²) in [5.41, 5.74) is 3.17. The van der Waals surface area contributed by atoms with E-state index in [1.165, 1.54) is 0 Å². The number of hydrogen-bond donors (Lipinski definition) is 2. The summed E-state index contributed by atoms with van der Waals surface area (Å²) in [6.07, 6.45) is 3.29. The van der Waals surface area contributed by atoms with E-state index in [9.17, 15) is 4.79 Å². The molecule has 0 aliphatic carbocycles. The van der Waals surface area contributed by atoms with Gasteiger partial charge in [-0.3, -0.25) is 0 Å². The smallest absolute Gasteiger partial charge is 0.335 e. The van der Waals surface area contributed by atoms with Crippen molar-refractivity contribution in [3.05, 3.63) is 72.3 Å². The van der Waals surface area contributed by atoms with Gasteiger partial charge in [-0.25, -0.2) is 14.5 Å². The van der Waals surface area contributed by atoms with Crippen molar-refractivity contribution >= 4 is 17.3 Å². The van der Waals surface area contributed by atoms with Crippen LogP contribution < -0.4 is 5.32 Å². The van der Waals surface area contributed by atoms with Crippen molar-refractivity contribution in [1.29, 1.82) is 0 Å². The molecule has 3 aromatic rings. The first kappa shape index (κ1) is 17.7. The molecule has 1 unspecified atom stereocenters. The topological polar surface area (TPSA) is 80.0 Å². The summed E-state index contributed by atoms with van der Waals surface area (Å²) in [5.74, 6) is -0.928. The third kappa shape index (κ3) is 3.91. The first-order chi connectivity index (χ1) is 12.3. The molecule has 6 nitrogen and oxygen atoms in total. The molecule has 0 saturated carbocycles. The first-order valence-electron chi connectivity index (χ1n) is 8.39. The number of hydrogen-bond acceptors (Lipinski definition) is 4. The maximum atomic E-state index is 10.9. The molecule has 0 aliphatic heterocycles. The molecule has 134 valence electrons. The van der Waals surface area contributed by atoms with Crippen molar-refractivity contribution in [3.8, 4) is 0 Å². The van der Waals surface area contributed by atoms with Crippen LogP contribution in [0.4, 0.5) is 11.4 Å². The van der Waals surface area contributed by atoms with Crippen LogP contribution in [-0.4, -0.2) is 25.8 Å². The van der Waals surface area contributed by atoms with E-state index >= 15 is 0 Å². The van der Waals surface area contributed by atoms with Crippen LogP contribution in [0.15, 0.2) is 61.2 Å². The summed E-state index contributed by atoms with van der Waals surface area (Å²) in [6.45, 7) is 6.53. The second-order valence-corrected chi connectivity index (χ2v) is 7.27. The van der Waals surface area contributed by atoms with Crippen LogP contribution >= 0.6 is 0 Å². The van der Waals surface area contributed by atoms with Gasteiger partial charge < -0.3 is 10.4 Å². The highest BCUT2D eigenvalue weighted by atomic mass is 16.4. The first-order valence-corrected chi connectivity index (χ1v) is 8.39. The summed E-state index contributed by atoms with van der Waals surface area (Å²) in [5, 5.41) is 16.6. The minimum atomic E-state index is -0.928. The molecule has 0 bridgehead atoms. The van der Waals surface area contributed by atoms with Gasteiger partial charge in [0.05, 0.1) is 11.6 Å². The van der Waals surface area contributed by atoms with Crippen molar-refractivity contribution in [2.45, 2.75) is 26.8 Å². The minimum absolute atomic E-state index is 0.0185. The normalized spacial score (nSPS) is 12.6. The minimum Gasteiger partial charge on any atom is -0.478 e. The number of benzene rings is 2. The lowest BCUT2D eigenvalue weighted by atomic mass is 9.82. The summed E-state index contributed by atoms with van der Waals surface area (Å²) in [7, 11) is 0. The van der Waals surface area contributed by atoms with Crippen molar-refractivity contribution < 1.29 is 9.90 Å². The SMILES string of the molecule is CC(C)(C)C(c1ccc(Nc2ccc(C(=O)O)cc2)cc1)n1cncn1. The fourth-order valence-electron chi connectivity index (χ4n) is 3.01. The van der Waals surface area contributed by atoms with Gasteiger partial charge in [-0.15, -0.1) is 0 Å². The molecule has 2 N–H and O–H groups in total. The highest BCUT2D eigenvalue weighted by Crippen LogP contribution is 2.36. The quantitative estimate of drug-likeness (QED) is 0.715. The van der Waals surface area contributed by atoms with Crippen LogP contribution in [0, 0.1) is 5.41 Å². The third-order valence-corrected chi connectivity index (χ3v) is 4.17. The van der Waals surface area contributed by atoms with Gasteiger partial charge in [-0.1, -0.05) is 32.9 Å². The number of nitrogens with one attached hydrogen (secondary N) is 1. The maximum Gasteiger partial charge on any atom is 0.335 e. The van der Waals surface area contributed by atoms with Gasteiger partial charge in [0.1, 0.15) is 12.7 Å². The molecule has 0 saturated heterocycles. The Kier molecular flexibility index (Phi) is 4.75.